The van der Waals surface area contributed by atoms with Crippen LogP contribution in [0.2, 0.25) is 0 Å². The summed E-state index contributed by atoms with van der Waals surface area (Å²) in [6.45, 7) is 8.23. The highest BCUT2D eigenvalue weighted by molar-refractivity contribution is 5.95. The second-order valence-corrected chi connectivity index (χ2v) is 7.24. The van der Waals surface area contributed by atoms with Crippen molar-refractivity contribution in [2.45, 2.75) is 46.5 Å². The lowest BCUT2D eigenvalue weighted by atomic mass is 9.99. The van der Waals surface area contributed by atoms with E-state index in [0.29, 0.717) is 11.5 Å². The summed E-state index contributed by atoms with van der Waals surface area (Å²) in [5.41, 5.74) is 5.25. The summed E-state index contributed by atoms with van der Waals surface area (Å²) < 4.78 is 0. The minimum absolute atomic E-state index is 0.0900. The third-order valence-corrected chi connectivity index (χ3v) is 5.20. The average Bonchev–Trinajstić information content (AvgIpc) is 2.67. The molecule has 2 aromatic rings. The number of likely N-dealkylation sites (tertiary alicyclic amines) is 1. The second-order valence-electron chi connectivity index (χ2n) is 7.24. The lowest BCUT2D eigenvalue weighted by molar-refractivity contribution is 0.0682. The third kappa shape index (κ3) is 4.06. The smallest absolute Gasteiger partial charge is 0.255 e. The predicted molar refractivity (Wildman–Crippen MR) is 107 cm³/mol. The number of aryl methyl sites for hydroxylation is 2. The number of benzene rings is 1. The molecule has 1 fully saturated rings. The molecule has 0 saturated carbocycles. The largest absolute Gasteiger partial charge is 0.354 e. The highest BCUT2D eigenvalue weighted by atomic mass is 16.2. The van der Waals surface area contributed by atoms with Crippen molar-refractivity contribution in [2.24, 2.45) is 5.92 Å². The van der Waals surface area contributed by atoms with Crippen molar-refractivity contribution in [2.75, 3.05) is 18.4 Å². The first-order valence-corrected chi connectivity index (χ1v) is 9.74. The normalized spacial score (nSPS) is 17.2. The van der Waals surface area contributed by atoms with E-state index >= 15 is 0 Å². The van der Waals surface area contributed by atoms with Crippen molar-refractivity contribution in [1.82, 2.24) is 9.88 Å². The Balaban J connectivity index is 1.83. The van der Waals surface area contributed by atoms with E-state index in [2.05, 4.69) is 49.3 Å². The number of hydrogen-bond acceptors (Lipinski definition) is 3. The molecule has 1 aliphatic rings. The van der Waals surface area contributed by atoms with Crippen LogP contribution < -0.4 is 5.32 Å². The van der Waals surface area contributed by atoms with Crippen LogP contribution in [0.5, 0.6) is 0 Å². The summed E-state index contributed by atoms with van der Waals surface area (Å²) in [5, 5.41) is 3.52. The fourth-order valence-corrected chi connectivity index (χ4v) is 3.73. The molecule has 138 valence electrons. The van der Waals surface area contributed by atoms with Gasteiger partial charge in [0.1, 0.15) is 0 Å². The number of carbonyl (C=O) groups excluding carboxylic acids is 1. The number of piperidine rings is 1. The Hall–Kier alpha value is -2.36. The molecular weight excluding hydrogens is 322 g/mol. The van der Waals surface area contributed by atoms with Crippen LogP contribution in [0.15, 0.2) is 36.7 Å². The van der Waals surface area contributed by atoms with Gasteiger partial charge in [0, 0.05) is 25.0 Å². The van der Waals surface area contributed by atoms with Crippen LogP contribution in [0.4, 0.5) is 11.4 Å². The predicted octanol–water partition coefficient (Wildman–Crippen LogP) is 4.82. The molecular formula is C22H29N3O. The number of pyridine rings is 1. The van der Waals surface area contributed by atoms with E-state index < -0.39 is 0 Å². The number of nitrogens with zero attached hydrogens (tertiary/aromatic N) is 2. The minimum Gasteiger partial charge on any atom is -0.354 e. The molecule has 1 amide bonds. The molecule has 1 aliphatic heterocycles. The molecule has 0 bridgehead atoms. The Labute approximate surface area is 156 Å². The molecule has 1 aromatic heterocycles. The first kappa shape index (κ1) is 18.4. The van der Waals surface area contributed by atoms with E-state index in [1.807, 2.05) is 11.0 Å². The topological polar surface area (TPSA) is 45.2 Å². The van der Waals surface area contributed by atoms with Gasteiger partial charge in [-0.2, -0.15) is 0 Å². The van der Waals surface area contributed by atoms with Gasteiger partial charge in [0.15, 0.2) is 0 Å². The Bertz CT molecular complexity index is 749. The van der Waals surface area contributed by atoms with Gasteiger partial charge in [0.05, 0.1) is 17.4 Å². The Morgan fingerprint density at radius 1 is 1.23 bits per heavy atom. The first-order valence-electron chi connectivity index (χ1n) is 9.74. The fourth-order valence-electron chi connectivity index (χ4n) is 3.73. The molecule has 1 saturated heterocycles. The second kappa shape index (κ2) is 8.35. The van der Waals surface area contributed by atoms with Gasteiger partial charge in [-0.15, -0.1) is 0 Å². The lowest BCUT2D eigenvalue weighted by Crippen LogP contribution is -2.39. The van der Waals surface area contributed by atoms with Crippen molar-refractivity contribution >= 4 is 17.3 Å². The number of rotatable bonds is 5. The van der Waals surface area contributed by atoms with E-state index in [-0.39, 0.29) is 5.91 Å². The molecule has 0 spiro atoms. The fraction of sp³-hybridized carbons (Fsp3) is 0.455. The molecule has 1 unspecified atom stereocenters. The molecule has 2 heterocycles. The maximum atomic E-state index is 12.9. The zero-order valence-electron chi connectivity index (χ0n) is 16.1. The zero-order chi connectivity index (χ0) is 18.5. The van der Waals surface area contributed by atoms with Gasteiger partial charge >= 0.3 is 0 Å². The molecule has 26 heavy (non-hydrogen) atoms. The van der Waals surface area contributed by atoms with Crippen LogP contribution in [-0.2, 0) is 12.8 Å². The summed E-state index contributed by atoms with van der Waals surface area (Å²) in [7, 11) is 0. The molecule has 0 aliphatic carbocycles. The first-order chi connectivity index (χ1) is 12.6. The van der Waals surface area contributed by atoms with E-state index in [1.54, 1.807) is 12.4 Å². The van der Waals surface area contributed by atoms with Crippen LogP contribution in [-0.4, -0.2) is 28.9 Å². The van der Waals surface area contributed by atoms with Gasteiger partial charge in [-0.3, -0.25) is 9.78 Å². The van der Waals surface area contributed by atoms with E-state index in [1.165, 1.54) is 17.5 Å². The lowest BCUT2D eigenvalue weighted by Gasteiger charge is -2.31. The van der Waals surface area contributed by atoms with E-state index in [9.17, 15) is 4.79 Å². The highest BCUT2D eigenvalue weighted by Crippen LogP contribution is 2.27. The summed E-state index contributed by atoms with van der Waals surface area (Å²) in [5.74, 6) is 0.665. The van der Waals surface area contributed by atoms with Crippen molar-refractivity contribution in [3.8, 4) is 0 Å². The SMILES string of the molecule is CCc1cccc(CC)c1Nc1cncc(C(=O)N2CCCC(C)C2)c1. The maximum absolute atomic E-state index is 12.9. The Morgan fingerprint density at radius 2 is 1.96 bits per heavy atom. The van der Waals surface area contributed by atoms with Crippen LogP contribution in [0.3, 0.4) is 0 Å². The number of anilines is 2. The molecule has 4 nitrogen and oxygen atoms in total. The van der Waals surface area contributed by atoms with E-state index in [4.69, 9.17) is 0 Å². The third-order valence-electron chi connectivity index (χ3n) is 5.20. The number of amides is 1. The van der Waals surface area contributed by atoms with Crippen LogP contribution in [0, 0.1) is 5.92 Å². The molecule has 1 aromatic carbocycles. The average molecular weight is 351 g/mol. The van der Waals surface area contributed by atoms with Gasteiger partial charge in [0.25, 0.3) is 5.91 Å². The Morgan fingerprint density at radius 3 is 2.62 bits per heavy atom. The molecule has 1 N–H and O–H groups in total. The van der Waals surface area contributed by atoms with Crippen LogP contribution >= 0.6 is 0 Å². The molecule has 1 atom stereocenters. The summed E-state index contributed by atoms with van der Waals surface area (Å²) in [6, 6.07) is 8.34. The van der Waals surface area contributed by atoms with Crippen molar-refractivity contribution in [1.29, 1.82) is 0 Å². The molecule has 0 radical (unpaired) electrons. The molecule has 3 rings (SSSR count). The van der Waals surface area contributed by atoms with E-state index in [0.717, 1.165) is 43.7 Å². The van der Waals surface area contributed by atoms with Gasteiger partial charge in [0.2, 0.25) is 0 Å². The van der Waals surface area contributed by atoms with Crippen LogP contribution in [0.1, 0.15) is 55.1 Å². The Kier molecular flexibility index (Phi) is 5.92. The number of aromatic nitrogens is 1. The van der Waals surface area contributed by atoms with Crippen molar-refractivity contribution < 1.29 is 4.79 Å². The molecule has 4 heteroatoms. The van der Waals surface area contributed by atoms with Crippen LogP contribution in [0.25, 0.3) is 0 Å². The number of para-hydroxylation sites is 1. The van der Waals surface area contributed by atoms with Gasteiger partial charge < -0.3 is 10.2 Å². The number of hydrogen-bond donors (Lipinski definition) is 1. The standard InChI is InChI=1S/C22H29N3O/c1-4-17-9-6-10-18(5-2)21(17)24-20-12-19(13-23-14-20)22(26)25-11-7-8-16(3)15-25/h6,9-10,12-14,16,24H,4-5,7-8,11,15H2,1-3H3. The summed E-state index contributed by atoms with van der Waals surface area (Å²) in [4.78, 5) is 19.1. The van der Waals surface area contributed by atoms with Gasteiger partial charge in [-0.25, -0.2) is 0 Å². The van der Waals surface area contributed by atoms with Gasteiger partial charge in [-0.1, -0.05) is 39.0 Å². The quantitative estimate of drug-likeness (QED) is 0.840. The number of nitrogens with one attached hydrogen (secondary N) is 1. The highest BCUT2D eigenvalue weighted by Gasteiger charge is 2.22. The summed E-state index contributed by atoms with van der Waals surface area (Å²) in [6.07, 6.45) is 7.70. The minimum atomic E-state index is 0.0900. The van der Waals surface area contributed by atoms with Crippen molar-refractivity contribution in [3.63, 3.8) is 0 Å². The number of carbonyl (C=O) groups is 1. The monoisotopic (exact) mass is 351 g/mol. The van der Waals surface area contributed by atoms with Crippen molar-refractivity contribution in [3.05, 3.63) is 53.3 Å². The maximum Gasteiger partial charge on any atom is 0.255 e. The summed E-state index contributed by atoms with van der Waals surface area (Å²) >= 11 is 0. The van der Waals surface area contributed by atoms with Gasteiger partial charge in [-0.05, 0) is 48.8 Å². The zero-order valence-corrected chi connectivity index (χ0v) is 16.1.